The van der Waals surface area contributed by atoms with Crippen LogP contribution in [0.5, 0.6) is 11.5 Å². The molecule has 2 aromatic carbocycles. The third-order valence-corrected chi connectivity index (χ3v) is 2.40. The maximum absolute atomic E-state index is 9.27. The molecule has 0 aliphatic heterocycles. The van der Waals surface area contributed by atoms with E-state index in [0.717, 1.165) is 16.9 Å². The van der Waals surface area contributed by atoms with E-state index in [1.165, 1.54) is 0 Å². The van der Waals surface area contributed by atoms with Gasteiger partial charge in [-0.15, -0.1) is 0 Å². The van der Waals surface area contributed by atoms with Gasteiger partial charge in [-0.3, -0.25) is 0 Å². The predicted octanol–water partition coefficient (Wildman–Crippen LogP) is 3.28. The van der Waals surface area contributed by atoms with E-state index in [9.17, 15) is 5.11 Å². The second-order valence-corrected chi connectivity index (χ2v) is 3.72. The molecule has 0 heterocycles. The average Bonchev–Trinajstić information content (AvgIpc) is 2.29. The number of benzene rings is 2. The maximum Gasteiger partial charge on any atom is 0.122 e. The van der Waals surface area contributed by atoms with Crippen LogP contribution in [0.2, 0.25) is 0 Å². The molecule has 0 aliphatic carbocycles. The molecule has 0 saturated carbocycles. The van der Waals surface area contributed by atoms with Gasteiger partial charge in [0.25, 0.3) is 0 Å². The van der Waals surface area contributed by atoms with E-state index >= 15 is 0 Å². The highest BCUT2D eigenvalue weighted by molar-refractivity contribution is 5.38. The first-order chi connectivity index (χ1) is 7.75. The summed E-state index contributed by atoms with van der Waals surface area (Å²) in [5.41, 5.74) is 2.07. The van der Waals surface area contributed by atoms with Crippen LogP contribution in [0.1, 0.15) is 11.1 Å². The minimum Gasteiger partial charge on any atom is -0.508 e. The van der Waals surface area contributed by atoms with Gasteiger partial charge in [0.2, 0.25) is 0 Å². The molecule has 0 radical (unpaired) electrons. The van der Waals surface area contributed by atoms with Crippen LogP contribution >= 0.6 is 0 Å². The van der Waals surface area contributed by atoms with Crippen LogP contribution in [0.4, 0.5) is 0 Å². The van der Waals surface area contributed by atoms with Gasteiger partial charge in [-0.1, -0.05) is 30.3 Å². The van der Waals surface area contributed by atoms with Crippen molar-refractivity contribution in [3.63, 3.8) is 0 Å². The summed E-state index contributed by atoms with van der Waals surface area (Å²) < 4.78 is 5.67. The van der Waals surface area contributed by atoms with Crippen LogP contribution in [0.25, 0.3) is 0 Å². The molecule has 0 spiro atoms. The lowest BCUT2D eigenvalue weighted by atomic mass is 10.2. The van der Waals surface area contributed by atoms with Crippen LogP contribution in [0.15, 0.2) is 48.5 Å². The highest BCUT2D eigenvalue weighted by atomic mass is 16.5. The Morgan fingerprint density at radius 2 is 1.81 bits per heavy atom. The summed E-state index contributed by atoms with van der Waals surface area (Å²) in [6.07, 6.45) is 0. The SMILES string of the molecule is Cc1cc(O)ccc1OCc1ccccc1. The zero-order valence-electron chi connectivity index (χ0n) is 9.18. The quantitative estimate of drug-likeness (QED) is 0.849. The van der Waals surface area contributed by atoms with E-state index in [0.29, 0.717) is 6.61 Å². The second-order valence-electron chi connectivity index (χ2n) is 3.72. The fourth-order valence-corrected chi connectivity index (χ4v) is 1.53. The van der Waals surface area contributed by atoms with Gasteiger partial charge in [0.1, 0.15) is 18.1 Å². The molecule has 2 aromatic rings. The van der Waals surface area contributed by atoms with E-state index in [4.69, 9.17) is 4.74 Å². The van der Waals surface area contributed by atoms with Gasteiger partial charge in [0.05, 0.1) is 0 Å². The molecule has 2 heteroatoms. The van der Waals surface area contributed by atoms with Crippen molar-refractivity contribution in [1.29, 1.82) is 0 Å². The summed E-state index contributed by atoms with van der Waals surface area (Å²) in [5.74, 6) is 1.08. The smallest absolute Gasteiger partial charge is 0.122 e. The average molecular weight is 214 g/mol. The minimum absolute atomic E-state index is 0.268. The van der Waals surface area contributed by atoms with Gasteiger partial charge in [-0.2, -0.15) is 0 Å². The third kappa shape index (κ3) is 2.54. The molecule has 0 unspecified atom stereocenters. The molecule has 2 rings (SSSR count). The van der Waals surface area contributed by atoms with Gasteiger partial charge in [-0.05, 0) is 36.2 Å². The van der Waals surface area contributed by atoms with Crippen molar-refractivity contribution in [2.75, 3.05) is 0 Å². The Bertz CT molecular complexity index is 463. The second kappa shape index (κ2) is 4.71. The van der Waals surface area contributed by atoms with E-state index in [1.54, 1.807) is 18.2 Å². The molecule has 2 nitrogen and oxygen atoms in total. The van der Waals surface area contributed by atoms with Crippen LogP contribution in [0.3, 0.4) is 0 Å². The molecule has 1 N–H and O–H groups in total. The van der Waals surface area contributed by atoms with Crippen molar-refractivity contribution in [3.8, 4) is 11.5 Å². The van der Waals surface area contributed by atoms with Crippen molar-refractivity contribution in [1.82, 2.24) is 0 Å². The standard InChI is InChI=1S/C14H14O2/c1-11-9-13(15)7-8-14(11)16-10-12-5-3-2-4-6-12/h2-9,15H,10H2,1H3. The van der Waals surface area contributed by atoms with Crippen LogP contribution < -0.4 is 4.74 Å². The molecule has 0 bridgehead atoms. The Balaban J connectivity index is 2.05. The highest BCUT2D eigenvalue weighted by Crippen LogP contribution is 2.23. The Morgan fingerprint density at radius 3 is 2.50 bits per heavy atom. The summed E-state index contributed by atoms with van der Waals surface area (Å²) in [6, 6.07) is 15.1. The molecule has 0 fully saturated rings. The molecule has 0 aromatic heterocycles. The van der Waals surface area contributed by atoms with E-state index < -0.39 is 0 Å². The zero-order chi connectivity index (χ0) is 11.4. The fraction of sp³-hybridized carbons (Fsp3) is 0.143. The van der Waals surface area contributed by atoms with E-state index in [1.807, 2.05) is 37.3 Å². The lowest BCUT2D eigenvalue weighted by Gasteiger charge is -2.09. The monoisotopic (exact) mass is 214 g/mol. The fourth-order valence-electron chi connectivity index (χ4n) is 1.53. The molecule has 0 atom stereocenters. The van der Waals surface area contributed by atoms with Gasteiger partial charge < -0.3 is 9.84 Å². The largest absolute Gasteiger partial charge is 0.508 e. The van der Waals surface area contributed by atoms with E-state index in [2.05, 4.69) is 0 Å². The number of aryl methyl sites for hydroxylation is 1. The number of hydrogen-bond donors (Lipinski definition) is 1. The molecule has 0 aliphatic rings. The molecule has 16 heavy (non-hydrogen) atoms. The summed E-state index contributed by atoms with van der Waals surface area (Å²) in [7, 11) is 0. The number of rotatable bonds is 3. The number of hydrogen-bond acceptors (Lipinski definition) is 2. The summed E-state index contributed by atoms with van der Waals surface area (Å²) in [6.45, 7) is 2.46. The Hall–Kier alpha value is -1.96. The lowest BCUT2D eigenvalue weighted by Crippen LogP contribution is -1.96. The zero-order valence-corrected chi connectivity index (χ0v) is 9.18. The third-order valence-electron chi connectivity index (χ3n) is 2.40. The van der Waals surface area contributed by atoms with Crippen LogP contribution in [-0.4, -0.2) is 5.11 Å². The topological polar surface area (TPSA) is 29.5 Å². The minimum atomic E-state index is 0.268. The van der Waals surface area contributed by atoms with Gasteiger partial charge in [0.15, 0.2) is 0 Å². The van der Waals surface area contributed by atoms with Crippen molar-refractivity contribution in [3.05, 3.63) is 59.7 Å². The van der Waals surface area contributed by atoms with Gasteiger partial charge in [-0.25, -0.2) is 0 Å². The van der Waals surface area contributed by atoms with Crippen molar-refractivity contribution in [2.24, 2.45) is 0 Å². The summed E-state index contributed by atoms with van der Waals surface area (Å²) in [4.78, 5) is 0. The maximum atomic E-state index is 9.27. The van der Waals surface area contributed by atoms with Crippen molar-refractivity contribution >= 4 is 0 Å². The number of phenolic OH excluding ortho intramolecular Hbond substituents is 1. The van der Waals surface area contributed by atoms with E-state index in [-0.39, 0.29) is 5.75 Å². The Kier molecular flexibility index (Phi) is 3.10. The van der Waals surface area contributed by atoms with Gasteiger partial charge >= 0.3 is 0 Å². The van der Waals surface area contributed by atoms with Crippen molar-refractivity contribution in [2.45, 2.75) is 13.5 Å². The molecule has 0 amide bonds. The molecular weight excluding hydrogens is 200 g/mol. The first-order valence-electron chi connectivity index (χ1n) is 5.22. The number of aromatic hydroxyl groups is 1. The van der Waals surface area contributed by atoms with Gasteiger partial charge in [0, 0.05) is 0 Å². The molecular formula is C14H14O2. The van der Waals surface area contributed by atoms with Crippen LogP contribution in [-0.2, 0) is 6.61 Å². The Labute approximate surface area is 95.1 Å². The molecule has 82 valence electrons. The summed E-state index contributed by atoms with van der Waals surface area (Å²) in [5, 5.41) is 9.27. The molecule has 0 saturated heterocycles. The number of phenols is 1. The predicted molar refractivity (Wildman–Crippen MR) is 63.6 cm³/mol. The summed E-state index contributed by atoms with van der Waals surface area (Å²) >= 11 is 0. The normalized spacial score (nSPS) is 10.1. The van der Waals surface area contributed by atoms with Crippen LogP contribution in [0, 0.1) is 6.92 Å². The highest BCUT2D eigenvalue weighted by Gasteiger charge is 2.00. The first-order valence-corrected chi connectivity index (χ1v) is 5.22. The first kappa shape index (κ1) is 10.6. The number of ether oxygens (including phenoxy) is 1. The van der Waals surface area contributed by atoms with Crippen molar-refractivity contribution < 1.29 is 9.84 Å². The lowest BCUT2D eigenvalue weighted by molar-refractivity contribution is 0.303. The Morgan fingerprint density at radius 1 is 1.06 bits per heavy atom.